The van der Waals surface area contributed by atoms with Gasteiger partial charge in [0.2, 0.25) is 0 Å². The summed E-state index contributed by atoms with van der Waals surface area (Å²) in [6.07, 6.45) is 1.43. The lowest BCUT2D eigenvalue weighted by Crippen LogP contribution is -2.39. The number of carbonyl (C=O) groups excluding carboxylic acids is 1. The van der Waals surface area contributed by atoms with Crippen LogP contribution in [0.1, 0.15) is 17.3 Å². The molecule has 0 spiro atoms. The van der Waals surface area contributed by atoms with Crippen LogP contribution in [0.5, 0.6) is 0 Å². The van der Waals surface area contributed by atoms with Gasteiger partial charge < -0.3 is 9.64 Å². The Labute approximate surface area is 76.1 Å². The third kappa shape index (κ3) is 1.14. The summed E-state index contributed by atoms with van der Waals surface area (Å²) in [4.78, 5) is 17.3. The number of cyclic esters (lactones) is 1. The van der Waals surface area contributed by atoms with Crippen molar-refractivity contribution in [1.29, 1.82) is 0 Å². The zero-order valence-electron chi connectivity index (χ0n) is 7.52. The zero-order valence-corrected chi connectivity index (χ0v) is 7.52. The summed E-state index contributed by atoms with van der Waals surface area (Å²) in [5.74, 6) is 0.389. The van der Waals surface area contributed by atoms with Crippen molar-refractivity contribution < 1.29 is 9.53 Å². The van der Waals surface area contributed by atoms with Gasteiger partial charge in [0.15, 0.2) is 6.23 Å². The third-order valence-corrected chi connectivity index (χ3v) is 2.16. The van der Waals surface area contributed by atoms with Gasteiger partial charge in [0.05, 0.1) is 0 Å². The normalized spacial score (nSPS) is 20.9. The molecule has 0 saturated heterocycles. The topological polar surface area (TPSA) is 42.4 Å². The lowest BCUT2D eigenvalue weighted by molar-refractivity contribution is 0.0308. The van der Waals surface area contributed by atoms with Gasteiger partial charge in [0, 0.05) is 13.2 Å². The van der Waals surface area contributed by atoms with E-state index < -0.39 is 0 Å². The van der Waals surface area contributed by atoms with Crippen LogP contribution < -0.4 is 4.90 Å². The Morgan fingerprint density at radius 3 is 3.15 bits per heavy atom. The van der Waals surface area contributed by atoms with Crippen molar-refractivity contribution in [3.63, 3.8) is 0 Å². The van der Waals surface area contributed by atoms with Gasteiger partial charge in [-0.3, -0.25) is 0 Å². The van der Waals surface area contributed by atoms with Crippen molar-refractivity contribution in [3.8, 4) is 0 Å². The van der Waals surface area contributed by atoms with Crippen molar-refractivity contribution in [2.75, 3.05) is 11.9 Å². The number of aromatic nitrogens is 1. The second-order valence-corrected chi connectivity index (χ2v) is 2.99. The summed E-state index contributed by atoms with van der Waals surface area (Å²) < 4.78 is 5.07. The Balaban J connectivity index is 2.53. The number of nitrogens with zero attached hydrogens (tertiary/aromatic N) is 2. The predicted octanol–water partition coefficient (Wildman–Crippen LogP) is 1.03. The first kappa shape index (κ1) is 8.04. The SMILES string of the molecule is CC1OC(=O)c2cccnc2N1C. The molecule has 0 saturated carbocycles. The van der Waals surface area contributed by atoms with E-state index >= 15 is 0 Å². The van der Waals surface area contributed by atoms with Crippen LogP contribution in [-0.2, 0) is 4.74 Å². The second-order valence-electron chi connectivity index (χ2n) is 2.99. The fourth-order valence-electron chi connectivity index (χ4n) is 1.31. The van der Waals surface area contributed by atoms with Crippen LogP contribution >= 0.6 is 0 Å². The highest BCUT2D eigenvalue weighted by atomic mass is 16.6. The average molecular weight is 178 g/mol. The van der Waals surface area contributed by atoms with Crippen molar-refractivity contribution in [2.45, 2.75) is 13.2 Å². The van der Waals surface area contributed by atoms with Crippen molar-refractivity contribution in [3.05, 3.63) is 23.9 Å². The minimum atomic E-state index is -0.297. The Morgan fingerprint density at radius 2 is 2.38 bits per heavy atom. The molecule has 2 heterocycles. The van der Waals surface area contributed by atoms with E-state index in [1.54, 1.807) is 18.3 Å². The molecule has 0 N–H and O–H groups in total. The van der Waals surface area contributed by atoms with Gasteiger partial charge in [-0.1, -0.05) is 0 Å². The van der Waals surface area contributed by atoms with Crippen LogP contribution in [0.15, 0.2) is 18.3 Å². The summed E-state index contributed by atoms with van der Waals surface area (Å²) in [6, 6.07) is 3.44. The molecule has 1 aliphatic heterocycles. The molecule has 2 rings (SSSR count). The predicted molar refractivity (Wildman–Crippen MR) is 47.5 cm³/mol. The lowest BCUT2D eigenvalue weighted by atomic mass is 10.2. The molecule has 0 fully saturated rings. The number of fused-ring (bicyclic) bond motifs is 1. The molecule has 0 aromatic carbocycles. The number of ether oxygens (including phenoxy) is 1. The molecular weight excluding hydrogens is 168 g/mol. The van der Waals surface area contributed by atoms with Crippen LogP contribution in [-0.4, -0.2) is 24.2 Å². The monoisotopic (exact) mass is 178 g/mol. The summed E-state index contributed by atoms with van der Waals surface area (Å²) in [5.41, 5.74) is 0.531. The van der Waals surface area contributed by atoms with Crippen LogP contribution in [0, 0.1) is 0 Å². The molecule has 1 atom stereocenters. The van der Waals surface area contributed by atoms with Crippen molar-refractivity contribution in [2.24, 2.45) is 0 Å². The maximum Gasteiger partial charge on any atom is 0.343 e. The molecule has 1 aliphatic rings. The maximum absolute atomic E-state index is 11.4. The van der Waals surface area contributed by atoms with E-state index in [2.05, 4.69) is 4.98 Å². The quantitative estimate of drug-likeness (QED) is 0.556. The molecule has 13 heavy (non-hydrogen) atoms. The molecule has 0 radical (unpaired) electrons. The van der Waals surface area contributed by atoms with E-state index in [1.165, 1.54) is 0 Å². The van der Waals surface area contributed by atoms with Gasteiger partial charge in [-0.2, -0.15) is 0 Å². The molecule has 68 valence electrons. The average Bonchev–Trinajstić information content (AvgIpc) is 2.15. The molecular formula is C9H10N2O2. The van der Waals surface area contributed by atoms with Gasteiger partial charge in [0.25, 0.3) is 0 Å². The number of hydrogen-bond donors (Lipinski definition) is 0. The Hall–Kier alpha value is -1.58. The number of esters is 1. The van der Waals surface area contributed by atoms with Crippen molar-refractivity contribution in [1.82, 2.24) is 4.98 Å². The molecule has 1 aromatic heterocycles. The first-order chi connectivity index (χ1) is 6.20. The lowest BCUT2D eigenvalue weighted by Gasteiger charge is -2.31. The van der Waals surface area contributed by atoms with Crippen molar-refractivity contribution >= 4 is 11.8 Å². The summed E-state index contributed by atoms with van der Waals surface area (Å²) in [5, 5.41) is 0. The molecule has 4 heteroatoms. The summed E-state index contributed by atoms with van der Waals surface area (Å²) >= 11 is 0. The van der Waals surface area contributed by atoms with Gasteiger partial charge in [0.1, 0.15) is 11.4 Å². The van der Waals surface area contributed by atoms with Crippen LogP contribution in [0.3, 0.4) is 0 Å². The number of carbonyl (C=O) groups is 1. The van der Waals surface area contributed by atoms with E-state index in [0.29, 0.717) is 11.4 Å². The van der Waals surface area contributed by atoms with E-state index in [0.717, 1.165) is 0 Å². The standard InChI is InChI=1S/C9H10N2O2/c1-6-11(2)8-7(9(12)13-6)4-3-5-10-8/h3-6H,1-2H3. The molecule has 1 unspecified atom stereocenters. The highest BCUT2D eigenvalue weighted by Gasteiger charge is 2.27. The molecule has 0 aliphatic carbocycles. The highest BCUT2D eigenvalue weighted by Crippen LogP contribution is 2.24. The first-order valence-electron chi connectivity index (χ1n) is 4.09. The number of hydrogen-bond acceptors (Lipinski definition) is 4. The van der Waals surface area contributed by atoms with Crippen LogP contribution in [0.2, 0.25) is 0 Å². The van der Waals surface area contributed by atoms with Gasteiger partial charge in [-0.15, -0.1) is 0 Å². The van der Waals surface area contributed by atoms with E-state index in [1.807, 2.05) is 18.9 Å². The minimum Gasteiger partial charge on any atom is -0.438 e. The number of anilines is 1. The van der Waals surface area contributed by atoms with Crippen LogP contribution in [0.25, 0.3) is 0 Å². The van der Waals surface area contributed by atoms with Gasteiger partial charge in [-0.25, -0.2) is 9.78 Å². The Bertz CT molecular complexity index is 351. The van der Waals surface area contributed by atoms with E-state index in [-0.39, 0.29) is 12.2 Å². The Morgan fingerprint density at radius 1 is 1.62 bits per heavy atom. The first-order valence-corrected chi connectivity index (χ1v) is 4.09. The van der Waals surface area contributed by atoms with Crippen LogP contribution in [0.4, 0.5) is 5.82 Å². The fourth-order valence-corrected chi connectivity index (χ4v) is 1.31. The molecule has 1 aromatic rings. The fraction of sp³-hybridized carbons (Fsp3) is 0.333. The second kappa shape index (κ2) is 2.73. The Kier molecular flexibility index (Phi) is 1.69. The number of rotatable bonds is 0. The van der Waals surface area contributed by atoms with E-state index in [9.17, 15) is 4.79 Å². The smallest absolute Gasteiger partial charge is 0.343 e. The largest absolute Gasteiger partial charge is 0.438 e. The summed E-state index contributed by atoms with van der Waals surface area (Å²) in [7, 11) is 1.85. The van der Waals surface area contributed by atoms with Gasteiger partial charge in [-0.05, 0) is 19.1 Å². The molecule has 0 bridgehead atoms. The summed E-state index contributed by atoms with van der Waals surface area (Å²) in [6.45, 7) is 1.82. The molecule has 4 nitrogen and oxygen atoms in total. The number of pyridine rings is 1. The minimum absolute atomic E-state index is 0.241. The third-order valence-electron chi connectivity index (χ3n) is 2.16. The van der Waals surface area contributed by atoms with E-state index in [4.69, 9.17) is 4.74 Å². The van der Waals surface area contributed by atoms with Gasteiger partial charge >= 0.3 is 5.97 Å². The zero-order chi connectivity index (χ0) is 9.42. The molecule has 0 amide bonds. The highest BCUT2D eigenvalue weighted by molar-refractivity contribution is 5.96. The maximum atomic E-state index is 11.4.